The summed E-state index contributed by atoms with van der Waals surface area (Å²) in [6.07, 6.45) is -4.69. The zero-order valence-corrected chi connectivity index (χ0v) is 26.3. The molecule has 0 radical (unpaired) electrons. The number of halogens is 5. The van der Waals surface area contributed by atoms with Crippen molar-refractivity contribution in [2.75, 3.05) is 17.2 Å². The smallest absolute Gasteiger partial charge is 0.407 e. The average molecular weight is 671 g/mol. The summed E-state index contributed by atoms with van der Waals surface area (Å²) in [5, 5.41) is 10.1. The van der Waals surface area contributed by atoms with Gasteiger partial charge in [-0.1, -0.05) is 51.1 Å². The lowest BCUT2D eigenvalue weighted by Gasteiger charge is -2.50. The maximum Gasteiger partial charge on any atom is 0.407 e. The number of alkyl halides is 2. The van der Waals surface area contributed by atoms with Crippen molar-refractivity contribution in [1.29, 1.82) is 0 Å². The summed E-state index contributed by atoms with van der Waals surface area (Å²) in [4.78, 5) is 28.4. The van der Waals surface area contributed by atoms with Crippen molar-refractivity contribution >= 4 is 70.4 Å². The number of anilines is 1. The third-order valence-corrected chi connectivity index (χ3v) is 14.2. The molecule has 0 aromatic carbocycles. The van der Waals surface area contributed by atoms with E-state index in [1.54, 1.807) is 4.90 Å². The topological polar surface area (TPSA) is 91.7 Å². The Hall–Kier alpha value is -1.35. The average Bonchev–Trinajstić information content (AvgIpc) is 3.23. The van der Waals surface area contributed by atoms with Gasteiger partial charge >= 0.3 is 6.09 Å². The van der Waals surface area contributed by atoms with Crippen LogP contribution in [0.1, 0.15) is 40.5 Å². The Balaban J connectivity index is 1.97. The molecule has 4 rings (SSSR count). The second-order valence-corrected chi connectivity index (χ2v) is 16.8. The van der Waals surface area contributed by atoms with Gasteiger partial charge in [-0.05, 0) is 52.7 Å². The molecule has 0 saturated carbocycles. The van der Waals surface area contributed by atoms with Crippen molar-refractivity contribution in [2.45, 2.75) is 94.5 Å². The molecule has 2 saturated heterocycles. The Morgan fingerprint density at radius 1 is 1.21 bits per heavy atom. The first kappa shape index (κ1) is 30.6. The Morgan fingerprint density at radius 3 is 2.44 bits per heavy atom. The SMILES string of the molecule is CCSc1nc(N2C[C@H]3CC[C@@H]([C@H]2C(O[Si](CC)(CC)CC)C(F)F)N3C(=O)O)c2c(Br)nc(Cl)c(F)c2n1. The number of pyridine rings is 1. The van der Waals surface area contributed by atoms with Gasteiger partial charge in [0.25, 0.3) is 6.43 Å². The van der Waals surface area contributed by atoms with Crippen molar-refractivity contribution in [1.82, 2.24) is 19.9 Å². The molecule has 1 amide bonds. The lowest BCUT2D eigenvalue weighted by atomic mass is 9.97. The van der Waals surface area contributed by atoms with Gasteiger partial charge in [-0.25, -0.2) is 32.9 Å². The van der Waals surface area contributed by atoms with Crippen LogP contribution in [0.2, 0.25) is 23.3 Å². The molecule has 39 heavy (non-hydrogen) atoms. The third-order valence-electron chi connectivity index (χ3n) is 8.04. The quantitative estimate of drug-likeness (QED) is 0.125. The van der Waals surface area contributed by atoms with Crippen molar-refractivity contribution in [3.05, 3.63) is 15.6 Å². The molecular weight excluding hydrogens is 639 g/mol. The van der Waals surface area contributed by atoms with Gasteiger partial charge in [0, 0.05) is 6.54 Å². The molecule has 2 aliphatic heterocycles. The summed E-state index contributed by atoms with van der Waals surface area (Å²) in [6.45, 7) is 7.85. The Labute approximate surface area is 244 Å². The molecule has 1 unspecified atom stereocenters. The lowest BCUT2D eigenvalue weighted by Crippen LogP contribution is -2.67. The van der Waals surface area contributed by atoms with Gasteiger partial charge in [-0.3, -0.25) is 4.90 Å². The molecule has 2 aliphatic rings. The van der Waals surface area contributed by atoms with Crippen LogP contribution in [-0.2, 0) is 4.43 Å². The first-order chi connectivity index (χ1) is 18.5. The summed E-state index contributed by atoms with van der Waals surface area (Å²) in [5.74, 6) is -0.0333. The molecule has 0 spiro atoms. The van der Waals surface area contributed by atoms with Crippen LogP contribution in [0, 0.1) is 5.82 Å². The molecule has 4 atom stereocenters. The Morgan fingerprint density at radius 2 is 1.87 bits per heavy atom. The predicted molar refractivity (Wildman–Crippen MR) is 152 cm³/mol. The third kappa shape index (κ3) is 5.60. The van der Waals surface area contributed by atoms with Crippen LogP contribution in [0.4, 0.5) is 23.8 Å². The van der Waals surface area contributed by atoms with E-state index >= 15 is 13.2 Å². The first-order valence-electron chi connectivity index (χ1n) is 13.1. The highest BCUT2D eigenvalue weighted by Crippen LogP contribution is 2.44. The number of hydrogen-bond donors (Lipinski definition) is 1. The van der Waals surface area contributed by atoms with Crippen molar-refractivity contribution < 1.29 is 27.5 Å². The second kappa shape index (κ2) is 12.3. The molecule has 216 valence electrons. The second-order valence-electron chi connectivity index (χ2n) is 9.79. The van der Waals surface area contributed by atoms with E-state index in [-0.39, 0.29) is 38.2 Å². The van der Waals surface area contributed by atoms with Crippen LogP contribution in [0.3, 0.4) is 0 Å². The van der Waals surface area contributed by atoms with Crippen LogP contribution < -0.4 is 4.90 Å². The van der Waals surface area contributed by atoms with Crippen LogP contribution in [0.15, 0.2) is 9.76 Å². The summed E-state index contributed by atoms with van der Waals surface area (Å²) < 4.78 is 52.0. The summed E-state index contributed by atoms with van der Waals surface area (Å²) in [5.41, 5.74) is -0.0801. The van der Waals surface area contributed by atoms with Crippen LogP contribution >= 0.6 is 39.3 Å². The van der Waals surface area contributed by atoms with Gasteiger partial charge < -0.3 is 14.4 Å². The van der Waals surface area contributed by atoms with Crippen LogP contribution in [-0.4, -0.2) is 82.3 Å². The molecule has 2 bridgehead atoms. The van der Waals surface area contributed by atoms with E-state index in [4.69, 9.17) is 21.0 Å². The zero-order chi connectivity index (χ0) is 28.6. The number of amides is 1. The number of piperazine rings is 1. The first-order valence-corrected chi connectivity index (χ1v) is 17.8. The van der Waals surface area contributed by atoms with Gasteiger partial charge in [0.15, 0.2) is 24.4 Å². The van der Waals surface area contributed by atoms with Crippen molar-refractivity contribution in [2.24, 2.45) is 0 Å². The van der Waals surface area contributed by atoms with Gasteiger partial charge in [0.05, 0.1) is 23.5 Å². The van der Waals surface area contributed by atoms with E-state index in [0.29, 0.717) is 36.7 Å². The summed E-state index contributed by atoms with van der Waals surface area (Å²) in [7, 11) is -2.55. The fourth-order valence-corrected chi connectivity index (χ4v) is 10.1. The highest BCUT2D eigenvalue weighted by Gasteiger charge is 2.55. The zero-order valence-electron chi connectivity index (χ0n) is 22.1. The number of nitrogens with zero attached hydrogens (tertiary/aromatic N) is 5. The van der Waals surface area contributed by atoms with Gasteiger partial charge in [-0.15, -0.1) is 0 Å². The van der Waals surface area contributed by atoms with E-state index in [2.05, 4.69) is 25.9 Å². The minimum atomic E-state index is -2.88. The lowest BCUT2D eigenvalue weighted by molar-refractivity contribution is -0.0330. The van der Waals surface area contributed by atoms with Crippen LogP contribution in [0.5, 0.6) is 0 Å². The molecular formula is C24H32BrClF3N5O3SSi. The molecule has 15 heteroatoms. The van der Waals surface area contributed by atoms with E-state index in [0.717, 1.165) is 0 Å². The molecule has 4 heterocycles. The van der Waals surface area contributed by atoms with Gasteiger partial charge in [0.2, 0.25) is 0 Å². The molecule has 8 nitrogen and oxygen atoms in total. The highest BCUT2D eigenvalue weighted by molar-refractivity contribution is 9.10. The standard InChI is InChI=1S/C24H32BrClF3N5O3SSi/c1-5-38-23-30-16-14(19(25)31-20(26)15(16)27)22(32-23)33-11-12-9-10-13(34(12)24(35)36)17(33)18(21(28)29)37-39(6-2,7-3)8-4/h12-13,17-18,21H,5-11H2,1-4H3,(H,35,36)/t12-,13+,17+,18?/m1/s1. The monoisotopic (exact) mass is 669 g/mol. The number of fused-ring (bicyclic) bond motifs is 3. The van der Waals surface area contributed by atoms with Gasteiger partial charge in [0.1, 0.15) is 22.0 Å². The highest BCUT2D eigenvalue weighted by atomic mass is 79.9. The number of aromatic nitrogens is 3. The number of carbonyl (C=O) groups is 1. The maximum absolute atomic E-state index is 15.3. The number of thioether (sulfide) groups is 1. The number of hydrogen-bond acceptors (Lipinski definition) is 7. The molecule has 2 fully saturated rings. The van der Waals surface area contributed by atoms with Gasteiger partial charge in [-0.2, -0.15) is 0 Å². The van der Waals surface area contributed by atoms with E-state index < -0.39 is 50.9 Å². The van der Waals surface area contributed by atoms with Crippen molar-refractivity contribution in [3.63, 3.8) is 0 Å². The Kier molecular flexibility index (Phi) is 9.61. The molecule has 0 aliphatic carbocycles. The minimum absolute atomic E-state index is 0.0801. The fourth-order valence-electron chi connectivity index (χ4n) is 5.93. The van der Waals surface area contributed by atoms with E-state index in [1.165, 1.54) is 16.7 Å². The number of carboxylic acid groups (broad SMARTS) is 1. The van der Waals surface area contributed by atoms with E-state index in [9.17, 15) is 9.90 Å². The van der Waals surface area contributed by atoms with Crippen molar-refractivity contribution in [3.8, 4) is 0 Å². The molecule has 2 aromatic heterocycles. The normalized spacial score (nSPS) is 22.3. The largest absolute Gasteiger partial charge is 0.465 e. The van der Waals surface area contributed by atoms with E-state index in [1.807, 2.05) is 27.7 Å². The Bertz CT molecular complexity index is 1230. The molecule has 2 aromatic rings. The maximum atomic E-state index is 15.3. The van der Waals surface area contributed by atoms with Crippen LogP contribution in [0.25, 0.3) is 10.9 Å². The number of rotatable bonds is 10. The minimum Gasteiger partial charge on any atom is -0.465 e. The fraction of sp³-hybridized carbons (Fsp3) is 0.667. The summed E-state index contributed by atoms with van der Waals surface area (Å²) in [6, 6.07) is -0.298. The molecule has 1 N–H and O–H groups in total. The summed E-state index contributed by atoms with van der Waals surface area (Å²) >= 11 is 10.7. The predicted octanol–water partition coefficient (Wildman–Crippen LogP) is 7.05.